The number of rotatable bonds is 5. The molecule has 6 heteroatoms. The molecule has 0 atom stereocenters. The predicted octanol–water partition coefficient (Wildman–Crippen LogP) is 1.84. The van der Waals surface area contributed by atoms with Crippen molar-refractivity contribution >= 4 is 18.3 Å². The Balaban J connectivity index is 0.00000220. The maximum atomic E-state index is 11.8. The maximum Gasteiger partial charge on any atom is 0.252 e. The van der Waals surface area contributed by atoms with E-state index in [2.05, 4.69) is 15.6 Å². The summed E-state index contributed by atoms with van der Waals surface area (Å²) in [4.78, 5) is 25.2. The second-order valence-electron chi connectivity index (χ2n) is 5.34. The minimum atomic E-state index is -0.198. The number of hydrogen-bond donors (Lipinski definition) is 3. The zero-order chi connectivity index (χ0) is 14.2. The molecule has 1 aromatic heterocycles. The summed E-state index contributed by atoms with van der Waals surface area (Å²) in [5, 5.41) is 6.36. The number of H-pyrrole nitrogens is 1. The number of aromatic amines is 1. The van der Waals surface area contributed by atoms with Crippen LogP contribution < -0.4 is 16.2 Å². The summed E-state index contributed by atoms with van der Waals surface area (Å²) in [5.74, 6) is -0.149. The average molecular weight is 314 g/mol. The summed E-state index contributed by atoms with van der Waals surface area (Å²) in [6, 6.07) is 3.49. The quantitative estimate of drug-likeness (QED) is 0.573. The summed E-state index contributed by atoms with van der Waals surface area (Å²) in [6.45, 7) is 1.40. The van der Waals surface area contributed by atoms with Crippen molar-refractivity contribution in [2.24, 2.45) is 0 Å². The largest absolute Gasteiger partial charge is 0.351 e. The van der Waals surface area contributed by atoms with Crippen LogP contribution in [0, 0.1) is 0 Å². The molecule has 1 aliphatic rings. The van der Waals surface area contributed by atoms with Crippen molar-refractivity contribution in [2.75, 3.05) is 13.1 Å². The normalized spacial score (nSPS) is 15.8. The van der Waals surface area contributed by atoms with Crippen molar-refractivity contribution in [3.8, 4) is 0 Å². The number of aromatic nitrogens is 1. The van der Waals surface area contributed by atoms with Gasteiger partial charge in [-0.05, 0) is 18.9 Å². The van der Waals surface area contributed by atoms with Crippen molar-refractivity contribution < 1.29 is 4.79 Å². The molecular formula is C15H24ClN3O2. The van der Waals surface area contributed by atoms with Crippen LogP contribution in [0.3, 0.4) is 0 Å². The van der Waals surface area contributed by atoms with Crippen LogP contribution in [0.1, 0.15) is 48.9 Å². The van der Waals surface area contributed by atoms with Crippen molar-refractivity contribution in [3.05, 3.63) is 34.2 Å². The molecule has 0 spiro atoms. The molecule has 3 N–H and O–H groups in total. The first kappa shape index (κ1) is 17.7. The first-order valence-electron chi connectivity index (χ1n) is 7.46. The third kappa shape index (κ3) is 6.31. The van der Waals surface area contributed by atoms with Crippen LogP contribution in [0.25, 0.3) is 0 Å². The molecule has 118 valence electrons. The molecule has 0 bridgehead atoms. The van der Waals surface area contributed by atoms with E-state index in [0.717, 1.165) is 6.54 Å². The van der Waals surface area contributed by atoms with Gasteiger partial charge in [0, 0.05) is 31.4 Å². The van der Waals surface area contributed by atoms with E-state index in [4.69, 9.17) is 0 Å². The maximum absolute atomic E-state index is 11.8. The van der Waals surface area contributed by atoms with Gasteiger partial charge < -0.3 is 15.6 Å². The standard InChI is InChI=1S/C15H23N3O2.ClH/c19-14-8-7-12(11-18-14)15(20)17-10-9-16-13-5-3-1-2-4-6-13;/h7-8,11,13,16H,1-6,9-10H2,(H,17,20)(H,18,19);1H. The monoisotopic (exact) mass is 313 g/mol. The minimum Gasteiger partial charge on any atom is -0.351 e. The molecule has 0 aromatic carbocycles. The number of halogens is 1. The van der Waals surface area contributed by atoms with Gasteiger partial charge in [-0.3, -0.25) is 9.59 Å². The zero-order valence-corrected chi connectivity index (χ0v) is 13.0. The molecule has 5 nitrogen and oxygen atoms in total. The van der Waals surface area contributed by atoms with Crippen LogP contribution in [-0.4, -0.2) is 30.0 Å². The summed E-state index contributed by atoms with van der Waals surface area (Å²) in [7, 11) is 0. The third-order valence-electron chi connectivity index (χ3n) is 3.75. The summed E-state index contributed by atoms with van der Waals surface area (Å²) < 4.78 is 0. The highest BCUT2D eigenvalue weighted by Crippen LogP contribution is 2.16. The van der Waals surface area contributed by atoms with Gasteiger partial charge in [0.05, 0.1) is 5.56 Å². The highest BCUT2D eigenvalue weighted by atomic mass is 35.5. The van der Waals surface area contributed by atoms with Gasteiger partial charge in [0.2, 0.25) is 5.56 Å². The van der Waals surface area contributed by atoms with Gasteiger partial charge >= 0.3 is 0 Å². The fourth-order valence-corrected chi connectivity index (χ4v) is 2.59. The number of carbonyl (C=O) groups is 1. The van der Waals surface area contributed by atoms with Gasteiger partial charge in [-0.1, -0.05) is 25.7 Å². The topological polar surface area (TPSA) is 74.0 Å². The summed E-state index contributed by atoms with van der Waals surface area (Å²) >= 11 is 0. The SMILES string of the molecule is Cl.O=C(NCCNC1CCCCCC1)c1ccc(=O)[nH]c1. The van der Waals surface area contributed by atoms with Gasteiger partial charge in [0.25, 0.3) is 5.91 Å². The van der Waals surface area contributed by atoms with Crippen LogP contribution in [0.2, 0.25) is 0 Å². The van der Waals surface area contributed by atoms with E-state index < -0.39 is 0 Å². The number of pyridine rings is 1. The van der Waals surface area contributed by atoms with E-state index in [1.807, 2.05) is 0 Å². The fraction of sp³-hybridized carbons (Fsp3) is 0.600. The molecule has 0 radical (unpaired) electrons. The molecule has 1 aliphatic carbocycles. The second-order valence-corrected chi connectivity index (χ2v) is 5.34. The van der Waals surface area contributed by atoms with Gasteiger partial charge in [0.1, 0.15) is 0 Å². The molecule has 1 saturated carbocycles. The summed E-state index contributed by atoms with van der Waals surface area (Å²) in [5.41, 5.74) is 0.288. The predicted molar refractivity (Wildman–Crippen MR) is 86.1 cm³/mol. The van der Waals surface area contributed by atoms with Gasteiger partial charge in [-0.15, -0.1) is 12.4 Å². The first-order chi connectivity index (χ1) is 9.75. The van der Waals surface area contributed by atoms with Crippen LogP contribution in [0.15, 0.2) is 23.1 Å². The molecule has 0 saturated heterocycles. The Morgan fingerprint density at radius 3 is 2.48 bits per heavy atom. The highest BCUT2D eigenvalue weighted by molar-refractivity contribution is 5.93. The fourth-order valence-electron chi connectivity index (χ4n) is 2.59. The Morgan fingerprint density at radius 1 is 1.14 bits per heavy atom. The van der Waals surface area contributed by atoms with E-state index in [0.29, 0.717) is 18.2 Å². The smallest absolute Gasteiger partial charge is 0.252 e. The Bertz CT molecular complexity index is 462. The van der Waals surface area contributed by atoms with Gasteiger partial charge in [-0.2, -0.15) is 0 Å². The third-order valence-corrected chi connectivity index (χ3v) is 3.75. The van der Waals surface area contributed by atoms with Crippen molar-refractivity contribution in [1.82, 2.24) is 15.6 Å². The molecule has 1 fully saturated rings. The molecular weight excluding hydrogens is 290 g/mol. The minimum absolute atomic E-state index is 0. The van der Waals surface area contributed by atoms with E-state index >= 15 is 0 Å². The lowest BCUT2D eigenvalue weighted by molar-refractivity contribution is 0.0953. The Hall–Kier alpha value is -1.33. The van der Waals surface area contributed by atoms with Crippen LogP contribution >= 0.6 is 12.4 Å². The molecule has 21 heavy (non-hydrogen) atoms. The number of hydrogen-bond acceptors (Lipinski definition) is 3. The van der Waals surface area contributed by atoms with Crippen molar-refractivity contribution in [1.29, 1.82) is 0 Å². The molecule has 1 heterocycles. The number of nitrogens with one attached hydrogen (secondary N) is 3. The van der Waals surface area contributed by atoms with E-state index in [1.54, 1.807) is 0 Å². The molecule has 1 amide bonds. The lowest BCUT2D eigenvalue weighted by Crippen LogP contribution is -2.37. The van der Waals surface area contributed by atoms with Crippen LogP contribution in [0.4, 0.5) is 0 Å². The van der Waals surface area contributed by atoms with Crippen molar-refractivity contribution in [3.63, 3.8) is 0 Å². The van der Waals surface area contributed by atoms with Crippen molar-refractivity contribution in [2.45, 2.75) is 44.6 Å². The van der Waals surface area contributed by atoms with Crippen LogP contribution in [-0.2, 0) is 0 Å². The van der Waals surface area contributed by atoms with Crippen LogP contribution in [0.5, 0.6) is 0 Å². The zero-order valence-electron chi connectivity index (χ0n) is 12.2. The molecule has 1 aromatic rings. The lowest BCUT2D eigenvalue weighted by atomic mass is 10.1. The first-order valence-corrected chi connectivity index (χ1v) is 7.46. The highest BCUT2D eigenvalue weighted by Gasteiger charge is 2.11. The van der Waals surface area contributed by atoms with Gasteiger partial charge in [-0.25, -0.2) is 0 Å². The average Bonchev–Trinajstić information content (AvgIpc) is 2.73. The second kappa shape index (κ2) is 9.58. The number of carbonyl (C=O) groups excluding carboxylic acids is 1. The van der Waals surface area contributed by atoms with Gasteiger partial charge in [0.15, 0.2) is 0 Å². The molecule has 0 unspecified atom stereocenters. The Kier molecular flexibility index (Phi) is 8.08. The lowest BCUT2D eigenvalue weighted by Gasteiger charge is -2.16. The number of amides is 1. The van der Waals surface area contributed by atoms with E-state index in [9.17, 15) is 9.59 Å². The van der Waals surface area contributed by atoms with E-state index in [-0.39, 0.29) is 23.9 Å². The molecule has 2 rings (SSSR count). The Labute approximate surface area is 131 Å². The van der Waals surface area contributed by atoms with E-state index in [1.165, 1.54) is 56.9 Å². The molecule has 0 aliphatic heterocycles. The Morgan fingerprint density at radius 2 is 1.86 bits per heavy atom. The summed E-state index contributed by atoms with van der Waals surface area (Å²) in [6.07, 6.45) is 9.24.